The molecule has 1 saturated heterocycles. The minimum absolute atomic E-state index is 0.209. The zero-order valence-corrected chi connectivity index (χ0v) is 13.2. The average Bonchev–Trinajstić information content (AvgIpc) is 3.09. The lowest BCUT2D eigenvalue weighted by molar-refractivity contribution is 0.0632. The van der Waals surface area contributed by atoms with Gasteiger partial charge in [0.2, 0.25) is 0 Å². The highest BCUT2D eigenvalue weighted by atomic mass is 127. The molecule has 0 spiro atoms. The smallest absolute Gasteiger partial charge is 0.254 e. The maximum absolute atomic E-state index is 12.3. The molecule has 0 N–H and O–H groups in total. The molecule has 0 unspecified atom stereocenters. The molecule has 1 amide bonds. The lowest BCUT2D eigenvalue weighted by Crippen LogP contribution is -2.49. The quantitative estimate of drug-likeness (QED) is 0.757. The predicted molar refractivity (Wildman–Crippen MR) is 82.1 cm³/mol. The van der Waals surface area contributed by atoms with Crippen LogP contribution in [0.15, 0.2) is 11.4 Å². The molecule has 1 aromatic rings. The van der Waals surface area contributed by atoms with E-state index in [1.54, 1.807) is 11.3 Å². The van der Waals surface area contributed by atoms with E-state index in [9.17, 15) is 4.79 Å². The Kier molecular flexibility index (Phi) is 3.91. The van der Waals surface area contributed by atoms with Crippen LogP contribution in [-0.4, -0.2) is 48.4 Å². The molecule has 0 atom stereocenters. The van der Waals surface area contributed by atoms with E-state index in [1.807, 2.05) is 16.3 Å². The summed E-state index contributed by atoms with van der Waals surface area (Å²) in [4.78, 5) is 16.8. The lowest BCUT2D eigenvalue weighted by Gasteiger charge is -2.34. The van der Waals surface area contributed by atoms with Gasteiger partial charge in [-0.2, -0.15) is 0 Å². The van der Waals surface area contributed by atoms with E-state index >= 15 is 0 Å². The van der Waals surface area contributed by atoms with Gasteiger partial charge in [-0.15, -0.1) is 11.3 Å². The fourth-order valence-electron chi connectivity index (χ4n) is 2.40. The molecule has 0 aromatic carbocycles. The largest absolute Gasteiger partial charge is 0.336 e. The first-order valence-corrected chi connectivity index (χ1v) is 8.44. The third-order valence-electron chi connectivity index (χ3n) is 3.69. The molecule has 1 aromatic heterocycles. The van der Waals surface area contributed by atoms with Crippen molar-refractivity contribution in [3.8, 4) is 0 Å². The highest BCUT2D eigenvalue weighted by Crippen LogP contribution is 2.30. The van der Waals surface area contributed by atoms with Gasteiger partial charge >= 0.3 is 0 Å². The van der Waals surface area contributed by atoms with Crippen molar-refractivity contribution in [3.63, 3.8) is 0 Å². The summed E-state index contributed by atoms with van der Waals surface area (Å²) in [6.07, 6.45) is 2.82. The van der Waals surface area contributed by atoms with E-state index in [2.05, 4.69) is 27.5 Å². The maximum atomic E-state index is 12.3. The second-order valence-electron chi connectivity index (χ2n) is 5.18. The van der Waals surface area contributed by atoms with Crippen LogP contribution >= 0.6 is 33.9 Å². The molecule has 18 heavy (non-hydrogen) atoms. The van der Waals surface area contributed by atoms with Crippen molar-refractivity contribution in [2.75, 3.05) is 32.7 Å². The summed E-state index contributed by atoms with van der Waals surface area (Å²) in [5.74, 6) is 1.16. The first kappa shape index (κ1) is 12.9. The van der Waals surface area contributed by atoms with Crippen molar-refractivity contribution in [1.29, 1.82) is 0 Å². The summed E-state index contributed by atoms with van der Waals surface area (Å²) in [6.45, 7) is 5.11. The Labute approximate surface area is 125 Å². The van der Waals surface area contributed by atoms with Gasteiger partial charge in [-0.25, -0.2) is 0 Å². The Morgan fingerprint density at radius 3 is 2.61 bits per heavy atom. The van der Waals surface area contributed by atoms with Crippen LogP contribution in [0.4, 0.5) is 0 Å². The zero-order chi connectivity index (χ0) is 12.5. The molecule has 1 aliphatic carbocycles. The molecule has 3 nitrogen and oxygen atoms in total. The van der Waals surface area contributed by atoms with Gasteiger partial charge in [-0.3, -0.25) is 9.69 Å². The van der Waals surface area contributed by atoms with Gasteiger partial charge in [0.25, 0.3) is 5.91 Å². The Hall–Kier alpha value is -0.140. The fourth-order valence-corrected chi connectivity index (χ4v) is 3.72. The monoisotopic (exact) mass is 376 g/mol. The van der Waals surface area contributed by atoms with Crippen LogP contribution in [0.5, 0.6) is 0 Å². The number of carbonyl (C=O) groups excluding carboxylic acids is 1. The van der Waals surface area contributed by atoms with Crippen LogP contribution in [0, 0.1) is 8.80 Å². The molecule has 2 heterocycles. The third kappa shape index (κ3) is 3.05. The SMILES string of the molecule is O=C(c1csc(I)c1)N1CCN(CC2CC2)CC1. The number of thiophene rings is 1. The summed E-state index contributed by atoms with van der Waals surface area (Å²) in [5, 5.41) is 1.97. The average molecular weight is 376 g/mol. The second-order valence-corrected chi connectivity index (χ2v) is 7.98. The van der Waals surface area contributed by atoms with Gasteiger partial charge in [-0.05, 0) is 47.4 Å². The molecule has 2 aliphatic rings. The van der Waals surface area contributed by atoms with E-state index in [1.165, 1.54) is 22.3 Å². The van der Waals surface area contributed by atoms with Crippen molar-refractivity contribution < 1.29 is 4.79 Å². The molecular formula is C13H17IN2OS. The summed E-state index contributed by atoms with van der Waals surface area (Å²) < 4.78 is 1.18. The first-order chi connectivity index (χ1) is 8.72. The van der Waals surface area contributed by atoms with Gasteiger partial charge in [0.05, 0.1) is 8.45 Å². The minimum atomic E-state index is 0.209. The predicted octanol–water partition coefficient (Wildman–Crippen LogP) is 2.52. The number of hydrogen-bond acceptors (Lipinski definition) is 3. The Balaban J connectivity index is 1.53. The number of hydrogen-bond donors (Lipinski definition) is 0. The Morgan fingerprint density at radius 1 is 1.33 bits per heavy atom. The van der Waals surface area contributed by atoms with Crippen LogP contribution in [0.2, 0.25) is 0 Å². The molecule has 1 aliphatic heterocycles. The van der Waals surface area contributed by atoms with Gasteiger partial charge in [-0.1, -0.05) is 0 Å². The van der Waals surface area contributed by atoms with Crippen molar-refractivity contribution in [3.05, 3.63) is 19.9 Å². The standard InChI is InChI=1S/C13H17IN2OS/c14-12-7-11(9-18-12)13(17)16-5-3-15(4-6-16)8-10-1-2-10/h7,9-10H,1-6,8H2. The minimum Gasteiger partial charge on any atom is -0.336 e. The zero-order valence-electron chi connectivity index (χ0n) is 10.3. The van der Waals surface area contributed by atoms with Gasteiger partial charge < -0.3 is 4.90 Å². The molecule has 0 bridgehead atoms. The van der Waals surface area contributed by atoms with Crippen LogP contribution in [-0.2, 0) is 0 Å². The molecule has 2 fully saturated rings. The topological polar surface area (TPSA) is 23.6 Å². The summed E-state index contributed by atoms with van der Waals surface area (Å²) in [6, 6.07) is 1.99. The fraction of sp³-hybridized carbons (Fsp3) is 0.615. The molecule has 1 saturated carbocycles. The number of amides is 1. The normalized spacial score (nSPS) is 21.3. The molecule has 3 rings (SSSR count). The van der Waals surface area contributed by atoms with Crippen molar-refractivity contribution in [1.82, 2.24) is 9.80 Å². The summed E-state index contributed by atoms with van der Waals surface area (Å²) in [5.41, 5.74) is 0.861. The van der Waals surface area contributed by atoms with Crippen LogP contribution < -0.4 is 0 Å². The molecule has 0 radical (unpaired) electrons. The number of piperazine rings is 1. The van der Waals surface area contributed by atoms with E-state index in [0.717, 1.165) is 37.7 Å². The number of rotatable bonds is 3. The molecular weight excluding hydrogens is 359 g/mol. The molecule has 5 heteroatoms. The maximum Gasteiger partial charge on any atom is 0.254 e. The summed E-state index contributed by atoms with van der Waals surface area (Å²) in [7, 11) is 0. The number of nitrogens with zero attached hydrogens (tertiary/aromatic N) is 2. The van der Waals surface area contributed by atoms with E-state index in [4.69, 9.17) is 0 Å². The number of halogens is 1. The highest BCUT2D eigenvalue weighted by Gasteiger charge is 2.28. The lowest BCUT2D eigenvalue weighted by atomic mass is 10.2. The van der Waals surface area contributed by atoms with Crippen molar-refractivity contribution in [2.45, 2.75) is 12.8 Å². The second kappa shape index (κ2) is 5.46. The molecule has 98 valence electrons. The van der Waals surface area contributed by atoms with Gasteiger partial charge in [0, 0.05) is 38.1 Å². The third-order valence-corrected chi connectivity index (χ3v) is 5.48. The van der Waals surface area contributed by atoms with E-state index in [-0.39, 0.29) is 5.91 Å². The Bertz CT molecular complexity index is 436. The Morgan fingerprint density at radius 2 is 2.06 bits per heavy atom. The van der Waals surface area contributed by atoms with Crippen LogP contribution in [0.1, 0.15) is 23.2 Å². The van der Waals surface area contributed by atoms with Gasteiger partial charge in [0.15, 0.2) is 0 Å². The van der Waals surface area contributed by atoms with E-state index in [0.29, 0.717) is 0 Å². The van der Waals surface area contributed by atoms with Crippen LogP contribution in [0.3, 0.4) is 0 Å². The van der Waals surface area contributed by atoms with E-state index < -0.39 is 0 Å². The highest BCUT2D eigenvalue weighted by molar-refractivity contribution is 14.1. The van der Waals surface area contributed by atoms with Crippen molar-refractivity contribution >= 4 is 39.8 Å². The van der Waals surface area contributed by atoms with Crippen molar-refractivity contribution in [2.24, 2.45) is 5.92 Å². The number of carbonyl (C=O) groups is 1. The summed E-state index contributed by atoms with van der Waals surface area (Å²) >= 11 is 3.91. The first-order valence-electron chi connectivity index (χ1n) is 6.48. The van der Waals surface area contributed by atoms with Crippen LogP contribution in [0.25, 0.3) is 0 Å². The van der Waals surface area contributed by atoms with Gasteiger partial charge in [0.1, 0.15) is 0 Å².